The molecule has 0 saturated carbocycles. The topological polar surface area (TPSA) is 75.7 Å². The number of rotatable bonds is 7. The fraction of sp³-hybridized carbons (Fsp3) is 0.316. The summed E-state index contributed by atoms with van der Waals surface area (Å²) in [4.78, 5) is 12.5. The first-order chi connectivity index (χ1) is 12.6. The van der Waals surface area contributed by atoms with Gasteiger partial charge in [0.2, 0.25) is 5.91 Å². The maximum absolute atomic E-state index is 13.1. The lowest BCUT2D eigenvalue weighted by Gasteiger charge is -2.24. The third-order valence-electron chi connectivity index (χ3n) is 4.21. The van der Waals surface area contributed by atoms with E-state index in [9.17, 15) is 13.2 Å². The van der Waals surface area contributed by atoms with E-state index in [2.05, 4.69) is 5.32 Å². The van der Waals surface area contributed by atoms with Gasteiger partial charge in [-0.15, -0.1) is 0 Å². The largest absolute Gasteiger partial charge is 0.376 e. The number of amides is 1. The van der Waals surface area contributed by atoms with Crippen molar-refractivity contribution in [3.05, 3.63) is 60.7 Å². The molecule has 3 rings (SSSR count). The van der Waals surface area contributed by atoms with Gasteiger partial charge in [0.25, 0.3) is 10.0 Å². The molecule has 0 aromatic heterocycles. The molecule has 1 aliphatic rings. The van der Waals surface area contributed by atoms with E-state index in [1.165, 1.54) is 12.1 Å². The van der Waals surface area contributed by atoms with Gasteiger partial charge >= 0.3 is 0 Å². The van der Waals surface area contributed by atoms with E-state index in [0.717, 1.165) is 17.1 Å². The number of nitrogens with one attached hydrogen (secondary N) is 1. The van der Waals surface area contributed by atoms with Crippen molar-refractivity contribution < 1.29 is 17.9 Å². The Kier molecular flexibility index (Phi) is 5.90. The zero-order chi connectivity index (χ0) is 18.4. The van der Waals surface area contributed by atoms with E-state index in [1.54, 1.807) is 48.5 Å². The number of benzene rings is 2. The number of anilines is 1. The van der Waals surface area contributed by atoms with E-state index in [-0.39, 0.29) is 23.5 Å². The van der Waals surface area contributed by atoms with E-state index >= 15 is 0 Å². The number of hydrogen-bond donors (Lipinski definition) is 1. The van der Waals surface area contributed by atoms with Crippen LogP contribution in [-0.2, 0) is 19.6 Å². The molecule has 1 fully saturated rings. The van der Waals surface area contributed by atoms with Crippen molar-refractivity contribution in [1.29, 1.82) is 0 Å². The molecule has 0 bridgehead atoms. The highest BCUT2D eigenvalue weighted by atomic mass is 32.2. The lowest BCUT2D eigenvalue weighted by molar-refractivity contribution is -0.120. The smallest absolute Gasteiger partial charge is 0.264 e. The molecule has 1 atom stereocenters. The molecular formula is C19H22N2O4S. The predicted molar refractivity (Wildman–Crippen MR) is 99.4 cm³/mol. The molecule has 0 spiro atoms. The van der Waals surface area contributed by atoms with Crippen LogP contribution < -0.4 is 9.62 Å². The summed E-state index contributed by atoms with van der Waals surface area (Å²) in [5.41, 5.74) is 0.448. The molecule has 1 amide bonds. The summed E-state index contributed by atoms with van der Waals surface area (Å²) < 4.78 is 32.7. The summed E-state index contributed by atoms with van der Waals surface area (Å²) in [5.74, 6) is -0.358. The highest BCUT2D eigenvalue weighted by molar-refractivity contribution is 7.92. The zero-order valence-electron chi connectivity index (χ0n) is 14.4. The maximum atomic E-state index is 13.1. The predicted octanol–water partition coefficient (Wildman–Crippen LogP) is 2.18. The minimum absolute atomic E-state index is 0.00913. The monoisotopic (exact) mass is 374 g/mol. The van der Waals surface area contributed by atoms with Crippen molar-refractivity contribution in [2.45, 2.75) is 23.8 Å². The van der Waals surface area contributed by atoms with Gasteiger partial charge in [-0.1, -0.05) is 36.4 Å². The standard InChI is InChI=1S/C19H22N2O4S/c22-19(20-14-17-10-7-13-25-17)15-21(16-8-3-1-4-9-16)26(23,24)18-11-5-2-6-12-18/h1-6,8-9,11-12,17H,7,10,13-15H2,(H,20,22)/t17-/m0/s1. The molecule has 0 radical (unpaired) electrons. The van der Waals surface area contributed by atoms with Gasteiger partial charge in [0.05, 0.1) is 16.7 Å². The first kappa shape index (κ1) is 18.4. The molecule has 7 heteroatoms. The average Bonchev–Trinajstić information content (AvgIpc) is 3.19. The highest BCUT2D eigenvalue weighted by Crippen LogP contribution is 2.23. The molecule has 2 aromatic carbocycles. The maximum Gasteiger partial charge on any atom is 0.264 e. The third kappa shape index (κ3) is 4.42. The normalized spacial score (nSPS) is 17.0. The van der Waals surface area contributed by atoms with Crippen molar-refractivity contribution >= 4 is 21.6 Å². The molecule has 26 heavy (non-hydrogen) atoms. The SMILES string of the molecule is O=C(CN(c1ccccc1)S(=O)(=O)c1ccccc1)NC[C@@H]1CCCO1. The van der Waals surface area contributed by atoms with Crippen LogP contribution in [0.3, 0.4) is 0 Å². The van der Waals surface area contributed by atoms with Crippen LogP contribution in [0, 0.1) is 0 Å². The highest BCUT2D eigenvalue weighted by Gasteiger charge is 2.27. The fourth-order valence-electron chi connectivity index (χ4n) is 2.85. The number of carbonyl (C=O) groups is 1. The molecule has 0 aliphatic carbocycles. The van der Waals surface area contributed by atoms with E-state index < -0.39 is 10.0 Å². The van der Waals surface area contributed by atoms with Gasteiger partial charge in [-0.05, 0) is 37.1 Å². The van der Waals surface area contributed by atoms with E-state index in [1.807, 2.05) is 0 Å². The van der Waals surface area contributed by atoms with Crippen molar-refractivity contribution in [3.8, 4) is 0 Å². The van der Waals surface area contributed by atoms with Crippen LogP contribution in [0.25, 0.3) is 0 Å². The molecule has 2 aromatic rings. The van der Waals surface area contributed by atoms with Crippen LogP contribution in [0.2, 0.25) is 0 Å². The fourth-order valence-corrected chi connectivity index (χ4v) is 4.29. The Morgan fingerprint density at radius 2 is 1.73 bits per heavy atom. The van der Waals surface area contributed by atoms with Crippen LogP contribution in [0.1, 0.15) is 12.8 Å². The molecule has 1 heterocycles. The average molecular weight is 374 g/mol. The lowest BCUT2D eigenvalue weighted by atomic mass is 10.2. The summed E-state index contributed by atoms with van der Waals surface area (Å²) in [6.45, 7) is 0.819. The quantitative estimate of drug-likeness (QED) is 0.806. The molecular weight excluding hydrogens is 352 g/mol. The van der Waals surface area contributed by atoms with Crippen molar-refractivity contribution in [2.75, 3.05) is 24.0 Å². The van der Waals surface area contributed by atoms with Gasteiger partial charge in [0, 0.05) is 13.2 Å². The van der Waals surface area contributed by atoms with Crippen LogP contribution in [0.15, 0.2) is 65.6 Å². The second-order valence-electron chi connectivity index (χ2n) is 6.10. The summed E-state index contributed by atoms with van der Waals surface area (Å²) in [7, 11) is -3.85. The minimum Gasteiger partial charge on any atom is -0.376 e. The second kappa shape index (κ2) is 8.33. The van der Waals surface area contributed by atoms with Gasteiger partial charge in [-0.3, -0.25) is 9.10 Å². The minimum atomic E-state index is -3.85. The Hall–Kier alpha value is -2.38. The second-order valence-corrected chi connectivity index (χ2v) is 7.96. The van der Waals surface area contributed by atoms with E-state index in [0.29, 0.717) is 18.8 Å². The number of nitrogens with zero attached hydrogens (tertiary/aromatic N) is 1. The van der Waals surface area contributed by atoms with Crippen LogP contribution in [-0.4, -0.2) is 40.1 Å². The Morgan fingerprint density at radius 1 is 1.08 bits per heavy atom. The summed E-state index contributed by atoms with van der Waals surface area (Å²) in [6, 6.07) is 16.8. The van der Waals surface area contributed by atoms with Crippen LogP contribution in [0.4, 0.5) is 5.69 Å². The lowest BCUT2D eigenvalue weighted by Crippen LogP contribution is -2.42. The van der Waals surface area contributed by atoms with Crippen molar-refractivity contribution in [2.24, 2.45) is 0 Å². The summed E-state index contributed by atoms with van der Waals surface area (Å²) >= 11 is 0. The third-order valence-corrected chi connectivity index (χ3v) is 6.00. The van der Waals surface area contributed by atoms with Gasteiger partial charge < -0.3 is 10.1 Å². The summed E-state index contributed by atoms with van der Waals surface area (Å²) in [6.07, 6.45) is 1.90. The zero-order valence-corrected chi connectivity index (χ0v) is 15.2. The Bertz CT molecular complexity index is 819. The molecule has 0 unspecified atom stereocenters. The Morgan fingerprint density at radius 3 is 2.35 bits per heavy atom. The number of sulfonamides is 1. The number of hydrogen-bond acceptors (Lipinski definition) is 4. The number of para-hydroxylation sites is 1. The summed E-state index contributed by atoms with van der Waals surface area (Å²) in [5, 5.41) is 2.78. The molecule has 1 saturated heterocycles. The van der Waals surface area contributed by atoms with Gasteiger partial charge in [0.15, 0.2) is 0 Å². The molecule has 138 valence electrons. The Labute approximate surface area is 153 Å². The van der Waals surface area contributed by atoms with Crippen molar-refractivity contribution in [1.82, 2.24) is 5.32 Å². The van der Waals surface area contributed by atoms with Gasteiger partial charge in [0.1, 0.15) is 6.54 Å². The van der Waals surface area contributed by atoms with Gasteiger partial charge in [-0.25, -0.2) is 8.42 Å². The molecule has 6 nitrogen and oxygen atoms in total. The number of ether oxygens (including phenoxy) is 1. The van der Waals surface area contributed by atoms with Crippen molar-refractivity contribution in [3.63, 3.8) is 0 Å². The molecule has 1 aliphatic heterocycles. The first-order valence-electron chi connectivity index (χ1n) is 8.58. The van der Waals surface area contributed by atoms with Gasteiger partial charge in [-0.2, -0.15) is 0 Å². The first-order valence-corrected chi connectivity index (χ1v) is 10.0. The van der Waals surface area contributed by atoms with E-state index in [4.69, 9.17) is 4.74 Å². The Balaban J connectivity index is 1.79. The van der Waals surface area contributed by atoms with Crippen LogP contribution >= 0.6 is 0 Å². The van der Waals surface area contributed by atoms with Crippen LogP contribution in [0.5, 0.6) is 0 Å². The molecule has 1 N–H and O–H groups in total. The number of carbonyl (C=O) groups excluding carboxylic acids is 1.